The Morgan fingerprint density at radius 3 is 2.92 bits per heavy atom. The van der Waals surface area contributed by atoms with Crippen molar-refractivity contribution in [2.24, 2.45) is 7.05 Å². The maximum atomic E-state index is 6.07. The molecule has 0 aliphatic carbocycles. The fourth-order valence-electron chi connectivity index (χ4n) is 3.53. The van der Waals surface area contributed by atoms with Gasteiger partial charge in [0.2, 0.25) is 0 Å². The van der Waals surface area contributed by atoms with E-state index in [-0.39, 0.29) is 0 Å². The first kappa shape index (κ1) is 16.1. The van der Waals surface area contributed by atoms with E-state index >= 15 is 0 Å². The molecule has 25 heavy (non-hydrogen) atoms. The number of nitrogens with one attached hydrogen (secondary N) is 1. The van der Waals surface area contributed by atoms with Gasteiger partial charge in [-0.1, -0.05) is 11.6 Å². The van der Waals surface area contributed by atoms with Crippen molar-refractivity contribution in [3.05, 3.63) is 41.3 Å². The molecule has 1 fully saturated rings. The van der Waals surface area contributed by atoms with Crippen LogP contribution in [0.15, 0.2) is 30.6 Å². The minimum atomic E-state index is 0.331. The summed E-state index contributed by atoms with van der Waals surface area (Å²) in [6.07, 6.45) is 3.84. The van der Waals surface area contributed by atoms with E-state index in [1.165, 1.54) is 5.82 Å². The van der Waals surface area contributed by atoms with Crippen LogP contribution in [-0.2, 0) is 7.05 Å². The van der Waals surface area contributed by atoms with Gasteiger partial charge in [-0.2, -0.15) is 5.10 Å². The van der Waals surface area contributed by atoms with Gasteiger partial charge in [0.05, 0.1) is 11.2 Å². The molecule has 3 aromatic rings. The fraction of sp³-hybridized carbons (Fsp3) is 0.389. The smallest absolute Gasteiger partial charge is 0.137 e. The quantitative estimate of drug-likeness (QED) is 0.779. The number of benzene rings is 1. The van der Waals surface area contributed by atoms with Crippen LogP contribution < -0.4 is 10.2 Å². The largest absolute Gasteiger partial charge is 0.365 e. The van der Waals surface area contributed by atoms with Crippen molar-refractivity contribution in [1.29, 1.82) is 0 Å². The van der Waals surface area contributed by atoms with Crippen molar-refractivity contribution in [2.75, 3.05) is 23.3 Å². The molecule has 2 aromatic heterocycles. The Labute approximate surface area is 151 Å². The monoisotopic (exact) mass is 356 g/mol. The van der Waals surface area contributed by atoms with Crippen LogP contribution in [0.25, 0.3) is 10.9 Å². The summed E-state index contributed by atoms with van der Waals surface area (Å²) in [5.41, 5.74) is 1.91. The van der Waals surface area contributed by atoms with Crippen LogP contribution >= 0.6 is 11.6 Å². The molecule has 1 aliphatic heterocycles. The zero-order valence-electron chi connectivity index (χ0n) is 14.4. The summed E-state index contributed by atoms with van der Waals surface area (Å²) in [4.78, 5) is 11.2. The topological polar surface area (TPSA) is 58.9 Å². The van der Waals surface area contributed by atoms with Gasteiger partial charge in [0, 0.05) is 42.7 Å². The number of fused-ring (bicyclic) bond motifs is 1. The van der Waals surface area contributed by atoms with Crippen LogP contribution in [0.4, 0.5) is 11.6 Å². The normalized spacial score (nSPS) is 17.9. The molecule has 130 valence electrons. The van der Waals surface area contributed by atoms with Crippen molar-refractivity contribution in [1.82, 2.24) is 19.7 Å². The van der Waals surface area contributed by atoms with Crippen molar-refractivity contribution in [3.8, 4) is 0 Å². The Morgan fingerprint density at radius 1 is 1.24 bits per heavy atom. The minimum Gasteiger partial charge on any atom is -0.365 e. The van der Waals surface area contributed by atoms with E-state index in [9.17, 15) is 0 Å². The first-order valence-electron chi connectivity index (χ1n) is 8.52. The minimum absolute atomic E-state index is 0.331. The molecule has 3 heterocycles. The molecule has 7 heteroatoms. The lowest BCUT2D eigenvalue weighted by Crippen LogP contribution is -2.43. The molecule has 4 rings (SSSR count). The van der Waals surface area contributed by atoms with E-state index in [1.54, 1.807) is 6.33 Å². The van der Waals surface area contributed by atoms with Gasteiger partial charge < -0.3 is 10.2 Å². The van der Waals surface area contributed by atoms with Crippen LogP contribution in [0.2, 0.25) is 5.02 Å². The highest BCUT2D eigenvalue weighted by molar-refractivity contribution is 6.31. The van der Waals surface area contributed by atoms with E-state index in [0.29, 0.717) is 11.1 Å². The maximum Gasteiger partial charge on any atom is 0.137 e. The Bertz CT molecular complexity index is 906. The second-order valence-corrected chi connectivity index (χ2v) is 7.02. The van der Waals surface area contributed by atoms with Gasteiger partial charge in [0.1, 0.15) is 18.0 Å². The van der Waals surface area contributed by atoms with Crippen molar-refractivity contribution in [3.63, 3.8) is 0 Å². The first-order valence-corrected chi connectivity index (χ1v) is 8.90. The van der Waals surface area contributed by atoms with Crippen molar-refractivity contribution in [2.45, 2.75) is 25.8 Å². The number of aromatic nitrogens is 4. The first-order chi connectivity index (χ1) is 12.1. The second kappa shape index (κ2) is 6.52. The average Bonchev–Trinajstić information content (AvgIpc) is 2.93. The molecule has 1 aliphatic rings. The van der Waals surface area contributed by atoms with Crippen LogP contribution in [0.3, 0.4) is 0 Å². The van der Waals surface area contributed by atoms with E-state index in [0.717, 1.165) is 48.3 Å². The number of hydrogen-bond acceptors (Lipinski definition) is 5. The van der Waals surface area contributed by atoms with Gasteiger partial charge in [-0.25, -0.2) is 9.97 Å². The van der Waals surface area contributed by atoms with Gasteiger partial charge >= 0.3 is 0 Å². The summed E-state index contributed by atoms with van der Waals surface area (Å²) in [5.74, 6) is 2.04. The second-order valence-electron chi connectivity index (χ2n) is 6.58. The molecule has 0 spiro atoms. The molecule has 0 radical (unpaired) electrons. The number of halogens is 1. The summed E-state index contributed by atoms with van der Waals surface area (Å²) in [6, 6.07) is 8.20. The summed E-state index contributed by atoms with van der Waals surface area (Å²) >= 11 is 6.07. The highest BCUT2D eigenvalue weighted by Gasteiger charge is 2.23. The van der Waals surface area contributed by atoms with Crippen molar-refractivity contribution < 1.29 is 0 Å². The molecule has 6 nitrogen and oxygen atoms in total. The predicted octanol–water partition coefficient (Wildman–Crippen LogP) is 3.41. The maximum absolute atomic E-state index is 6.07. The van der Waals surface area contributed by atoms with E-state index < -0.39 is 0 Å². The third-order valence-corrected chi connectivity index (χ3v) is 4.90. The van der Waals surface area contributed by atoms with Gasteiger partial charge in [0.15, 0.2) is 0 Å². The van der Waals surface area contributed by atoms with Gasteiger partial charge in [-0.3, -0.25) is 4.68 Å². The molecule has 1 N–H and O–H groups in total. The average molecular weight is 357 g/mol. The Balaban J connectivity index is 1.56. The summed E-state index contributed by atoms with van der Waals surface area (Å²) in [5, 5.41) is 9.76. The molecule has 1 saturated heterocycles. The molecule has 0 saturated carbocycles. The molecule has 0 bridgehead atoms. The lowest BCUT2D eigenvalue weighted by molar-refractivity contribution is 0.518. The van der Waals surface area contributed by atoms with Gasteiger partial charge in [-0.05, 0) is 38.0 Å². The van der Waals surface area contributed by atoms with Crippen LogP contribution in [0.5, 0.6) is 0 Å². The number of piperidine rings is 1. The fourth-order valence-corrected chi connectivity index (χ4v) is 3.70. The van der Waals surface area contributed by atoms with Crippen molar-refractivity contribution >= 4 is 34.1 Å². The number of nitrogens with zero attached hydrogens (tertiary/aromatic N) is 5. The van der Waals surface area contributed by atoms with Gasteiger partial charge in [-0.15, -0.1) is 0 Å². The van der Waals surface area contributed by atoms with Crippen LogP contribution in [-0.4, -0.2) is 38.9 Å². The molecular weight excluding hydrogens is 336 g/mol. The Hall–Kier alpha value is -2.34. The standard InChI is InChI=1S/C18H21ClN6/c1-12-8-17(24(2)23-12)25-7-3-4-14(10-25)22-18-15-6-5-13(19)9-16(15)20-11-21-18/h5-6,8-9,11,14H,3-4,7,10H2,1-2H3,(H,20,21,22). The lowest BCUT2D eigenvalue weighted by atomic mass is 10.1. The third-order valence-electron chi connectivity index (χ3n) is 4.66. The van der Waals surface area contributed by atoms with Crippen LogP contribution in [0.1, 0.15) is 18.5 Å². The van der Waals surface area contributed by atoms with E-state index in [4.69, 9.17) is 11.6 Å². The number of hydrogen-bond donors (Lipinski definition) is 1. The Kier molecular flexibility index (Phi) is 4.21. The highest BCUT2D eigenvalue weighted by Crippen LogP contribution is 2.26. The zero-order valence-corrected chi connectivity index (χ0v) is 15.2. The number of aryl methyl sites for hydroxylation is 2. The number of anilines is 2. The zero-order chi connectivity index (χ0) is 17.4. The highest BCUT2D eigenvalue weighted by atomic mass is 35.5. The summed E-state index contributed by atoms with van der Waals surface area (Å²) in [6.45, 7) is 4.01. The molecular formula is C18H21ClN6. The van der Waals surface area contributed by atoms with E-state index in [1.807, 2.05) is 36.9 Å². The van der Waals surface area contributed by atoms with Crippen LogP contribution in [0, 0.1) is 6.92 Å². The third kappa shape index (κ3) is 3.26. The molecule has 1 unspecified atom stereocenters. The summed E-state index contributed by atoms with van der Waals surface area (Å²) in [7, 11) is 2.00. The number of rotatable bonds is 3. The molecule has 0 amide bonds. The molecule has 1 atom stereocenters. The van der Waals surface area contributed by atoms with Gasteiger partial charge in [0.25, 0.3) is 0 Å². The lowest BCUT2D eigenvalue weighted by Gasteiger charge is -2.34. The van der Waals surface area contributed by atoms with E-state index in [2.05, 4.69) is 31.3 Å². The SMILES string of the molecule is Cc1cc(N2CCCC(Nc3ncnc4cc(Cl)ccc34)C2)n(C)n1. The Morgan fingerprint density at radius 2 is 2.12 bits per heavy atom. The molecule has 1 aromatic carbocycles. The summed E-state index contributed by atoms with van der Waals surface area (Å²) < 4.78 is 1.96. The predicted molar refractivity (Wildman–Crippen MR) is 101 cm³/mol.